The summed E-state index contributed by atoms with van der Waals surface area (Å²) in [6.07, 6.45) is 11.3. The van der Waals surface area contributed by atoms with Crippen molar-refractivity contribution in [3.63, 3.8) is 0 Å². The van der Waals surface area contributed by atoms with Crippen LogP contribution in [0.3, 0.4) is 0 Å². The predicted octanol–water partition coefficient (Wildman–Crippen LogP) is 2.71. The van der Waals surface area contributed by atoms with Crippen LogP contribution in [0.4, 0.5) is 0 Å². The summed E-state index contributed by atoms with van der Waals surface area (Å²) < 4.78 is 0. The summed E-state index contributed by atoms with van der Waals surface area (Å²) in [5, 5.41) is 0. The number of carbonyl (C=O) groups is 1. The van der Waals surface area contributed by atoms with Gasteiger partial charge in [-0.1, -0.05) is 25.0 Å². The monoisotopic (exact) mass is 164 g/mol. The Morgan fingerprint density at radius 3 is 2.50 bits per heavy atom. The van der Waals surface area contributed by atoms with Crippen LogP contribution < -0.4 is 0 Å². The second kappa shape index (κ2) is 3.42. The van der Waals surface area contributed by atoms with Gasteiger partial charge >= 0.3 is 0 Å². The molecule has 2 aliphatic carbocycles. The smallest absolute Gasteiger partial charge is 0.142 e. The van der Waals surface area contributed by atoms with E-state index in [1.54, 1.807) is 0 Å². The molecule has 0 aliphatic heterocycles. The molecule has 1 heteroatoms. The molecule has 1 unspecified atom stereocenters. The maximum atomic E-state index is 11.8. The standard InChI is InChI=1S/C11H16O/c12-11(9-5-1-2-6-9)10-7-3-4-8-10/h1,5,9-10H,2-4,6-8H2. The van der Waals surface area contributed by atoms with E-state index in [1.807, 2.05) is 0 Å². The molecule has 0 radical (unpaired) electrons. The van der Waals surface area contributed by atoms with Crippen molar-refractivity contribution in [1.29, 1.82) is 0 Å². The highest BCUT2D eigenvalue weighted by molar-refractivity contribution is 5.85. The molecule has 0 saturated heterocycles. The Labute approximate surface area is 73.8 Å². The van der Waals surface area contributed by atoms with Gasteiger partial charge in [0.15, 0.2) is 0 Å². The highest BCUT2D eigenvalue weighted by atomic mass is 16.1. The van der Waals surface area contributed by atoms with Crippen molar-refractivity contribution < 1.29 is 4.79 Å². The zero-order valence-corrected chi connectivity index (χ0v) is 7.46. The summed E-state index contributed by atoms with van der Waals surface area (Å²) in [6.45, 7) is 0. The number of Topliss-reactive ketones (excluding diaryl/α,β-unsaturated/α-hetero) is 1. The van der Waals surface area contributed by atoms with E-state index in [4.69, 9.17) is 0 Å². The molecule has 0 N–H and O–H groups in total. The molecule has 2 aliphatic rings. The molecule has 1 atom stereocenters. The highest BCUT2D eigenvalue weighted by Crippen LogP contribution is 2.31. The molecule has 0 heterocycles. The third kappa shape index (κ3) is 1.45. The molecule has 66 valence electrons. The van der Waals surface area contributed by atoms with E-state index in [2.05, 4.69) is 12.2 Å². The first-order valence-corrected chi connectivity index (χ1v) is 5.08. The summed E-state index contributed by atoms with van der Waals surface area (Å²) in [5.41, 5.74) is 0. The number of allylic oxidation sites excluding steroid dienone is 2. The minimum atomic E-state index is 0.285. The third-order valence-corrected chi connectivity index (χ3v) is 3.14. The average molecular weight is 164 g/mol. The molecule has 0 aromatic rings. The van der Waals surface area contributed by atoms with E-state index in [-0.39, 0.29) is 5.92 Å². The van der Waals surface area contributed by atoms with Gasteiger partial charge in [-0.15, -0.1) is 0 Å². The fraction of sp³-hybridized carbons (Fsp3) is 0.727. The van der Waals surface area contributed by atoms with Crippen molar-refractivity contribution in [3.05, 3.63) is 12.2 Å². The van der Waals surface area contributed by atoms with E-state index in [9.17, 15) is 4.79 Å². The van der Waals surface area contributed by atoms with Gasteiger partial charge in [-0.25, -0.2) is 0 Å². The molecule has 0 amide bonds. The van der Waals surface area contributed by atoms with Gasteiger partial charge in [0.05, 0.1) is 0 Å². The molecule has 0 aromatic heterocycles. The molecule has 0 spiro atoms. The van der Waals surface area contributed by atoms with Crippen LogP contribution in [0.1, 0.15) is 38.5 Å². The van der Waals surface area contributed by atoms with Crippen molar-refractivity contribution in [2.45, 2.75) is 38.5 Å². The first-order chi connectivity index (χ1) is 5.88. The Morgan fingerprint density at radius 2 is 1.92 bits per heavy atom. The Kier molecular flexibility index (Phi) is 2.29. The molecule has 0 bridgehead atoms. The van der Waals surface area contributed by atoms with Crippen LogP contribution in [-0.2, 0) is 4.79 Å². The van der Waals surface area contributed by atoms with Crippen molar-refractivity contribution in [3.8, 4) is 0 Å². The molecule has 2 rings (SSSR count). The molecule has 0 aromatic carbocycles. The SMILES string of the molecule is O=C(C1C=CCC1)C1CCCC1. The number of hydrogen-bond acceptors (Lipinski definition) is 1. The highest BCUT2D eigenvalue weighted by Gasteiger charge is 2.28. The van der Waals surface area contributed by atoms with Gasteiger partial charge in [0.1, 0.15) is 5.78 Å². The van der Waals surface area contributed by atoms with Crippen LogP contribution in [-0.4, -0.2) is 5.78 Å². The molecule has 1 saturated carbocycles. The number of ketones is 1. The normalized spacial score (nSPS) is 29.8. The van der Waals surface area contributed by atoms with Crippen molar-refractivity contribution in [1.82, 2.24) is 0 Å². The van der Waals surface area contributed by atoms with Gasteiger partial charge in [0.2, 0.25) is 0 Å². The van der Waals surface area contributed by atoms with Crippen LogP contribution in [0.2, 0.25) is 0 Å². The quantitative estimate of drug-likeness (QED) is 0.573. The van der Waals surface area contributed by atoms with E-state index in [0.717, 1.165) is 25.7 Å². The number of rotatable bonds is 2. The molecular weight excluding hydrogens is 148 g/mol. The van der Waals surface area contributed by atoms with Gasteiger partial charge in [-0.05, 0) is 25.7 Å². The first-order valence-electron chi connectivity index (χ1n) is 5.08. The molecule has 1 fully saturated rings. The summed E-state index contributed by atoms with van der Waals surface area (Å²) in [6, 6.07) is 0. The predicted molar refractivity (Wildman–Crippen MR) is 48.8 cm³/mol. The van der Waals surface area contributed by atoms with Gasteiger partial charge in [0, 0.05) is 11.8 Å². The van der Waals surface area contributed by atoms with Crippen LogP contribution in [0.15, 0.2) is 12.2 Å². The van der Waals surface area contributed by atoms with E-state index in [1.165, 1.54) is 12.8 Å². The topological polar surface area (TPSA) is 17.1 Å². The fourth-order valence-electron chi connectivity index (χ4n) is 2.38. The average Bonchev–Trinajstić information content (AvgIpc) is 2.77. The lowest BCUT2D eigenvalue weighted by atomic mass is 9.91. The van der Waals surface area contributed by atoms with Crippen LogP contribution >= 0.6 is 0 Å². The van der Waals surface area contributed by atoms with E-state index >= 15 is 0 Å². The second-order valence-electron chi connectivity index (χ2n) is 4.00. The lowest BCUT2D eigenvalue weighted by molar-refractivity contribution is -0.125. The third-order valence-electron chi connectivity index (χ3n) is 3.14. The summed E-state index contributed by atoms with van der Waals surface area (Å²) in [5.74, 6) is 1.23. The van der Waals surface area contributed by atoms with Gasteiger partial charge in [-0.2, -0.15) is 0 Å². The second-order valence-corrected chi connectivity index (χ2v) is 4.00. The fourth-order valence-corrected chi connectivity index (χ4v) is 2.38. The van der Waals surface area contributed by atoms with Gasteiger partial charge in [0.25, 0.3) is 0 Å². The van der Waals surface area contributed by atoms with Gasteiger partial charge in [-0.3, -0.25) is 4.79 Å². The van der Waals surface area contributed by atoms with Gasteiger partial charge < -0.3 is 0 Å². The Hall–Kier alpha value is -0.590. The Bertz CT molecular complexity index is 199. The largest absolute Gasteiger partial charge is 0.299 e. The number of carbonyl (C=O) groups excluding carboxylic acids is 1. The minimum absolute atomic E-state index is 0.285. The minimum Gasteiger partial charge on any atom is -0.299 e. The van der Waals surface area contributed by atoms with E-state index < -0.39 is 0 Å². The van der Waals surface area contributed by atoms with Crippen LogP contribution in [0.25, 0.3) is 0 Å². The molecular formula is C11H16O. The van der Waals surface area contributed by atoms with E-state index in [0.29, 0.717) is 11.7 Å². The lowest BCUT2D eigenvalue weighted by Crippen LogP contribution is -2.18. The first kappa shape index (κ1) is 8.03. The van der Waals surface area contributed by atoms with Crippen LogP contribution in [0.5, 0.6) is 0 Å². The zero-order chi connectivity index (χ0) is 8.39. The molecule has 12 heavy (non-hydrogen) atoms. The van der Waals surface area contributed by atoms with Crippen molar-refractivity contribution in [2.24, 2.45) is 11.8 Å². The molecule has 1 nitrogen and oxygen atoms in total. The van der Waals surface area contributed by atoms with Crippen molar-refractivity contribution in [2.75, 3.05) is 0 Å². The summed E-state index contributed by atoms with van der Waals surface area (Å²) in [7, 11) is 0. The maximum Gasteiger partial charge on any atom is 0.142 e. The number of hydrogen-bond donors (Lipinski definition) is 0. The zero-order valence-electron chi connectivity index (χ0n) is 7.46. The van der Waals surface area contributed by atoms with Crippen molar-refractivity contribution >= 4 is 5.78 Å². The lowest BCUT2D eigenvalue weighted by Gasteiger charge is -2.11. The summed E-state index contributed by atoms with van der Waals surface area (Å²) >= 11 is 0. The Balaban J connectivity index is 1.94. The maximum absolute atomic E-state index is 11.8. The van der Waals surface area contributed by atoms with Crippen LogP contribution in [0, 0.1) is 11.8 Å². The Morgan fingerprint density at radius 1 is 1.17 bits per heavy atom. The summed E-state index contributed by atoms with van der Waals surface area (Å²) in [4.78, 5) is 11.8.